The third-order valence-electron chi connectivity index (χ3n) is 3.84. The zero-order valence-electron chi connectivity index (χ0n) is 13.5. The van der Waals surface area contributed by atoms with Crippen molar-refractivity contribution in [1.29, 1.82) is 0 Å². The van der Waals surface area contributed by atoms with Gasteiger partial charge < -0.3 is 4.90 Å². The number of aryl methyl sites for hydroxylation is 1. The number of rotatable bonds is 3. The van der Waals surface area contributed by atoms with Crippen LogP contribution < -0.4 is 0 Å². The molecule has 25 heavy (non-hydrogen) atoms. The molecule has 0 aliphatic carbocycles. The second-order valence-electron chi connectivity index (χ2n) is 5.70. The fourth-order valence-electron chi connectivity index (χ4n) is 2.41. The van der Waals surface area contributed by atoms with E-state index in [4.69, 9.17) is 0 Å². The molecule has 0 radical (unpaired) electrons. The largest absolute Gasteiger partial charge is 0.336 e. The lowest BCUT2D eigenvalue weighted by Gasteiger charge is -2.28. The SMILES string of the molecule is Cc1ccc(S(=O)(=O)N=S2(=O)CCN(C(=O)c3cncs3)CC2)cc1. The molecule has 1 fully saturated rings. The minimum Gasteiger partial charge on any atom is -0.336 e. The van der Waals surface area contributed by atoms with E-state index in [1.54, 1.807) is 22.5 Å². The van der Waals surface area contributed by atoms with Crippen molar-refractivity contribution in [3.8, 4) is 0 Å². The molecule has 1 aromatic carbocycles. The molecule has 2 heterocycles. The highest BCUT2D eigenvalue weighted by Crippen LogP contribution is 2.19. The van der Waals surface area contributed by atoms with Crippen molar-refractivity contribution >= 4 is 37.0 Å². The molecule has 0 bridgehead atoms. The maximum Gasteiger partial charge on any atom is 0.290 e. The van der Waals surface area contributed by atoms with Crippen LogP contribution >= 0.6 is 11.3 Å². The van der Waals surface area contributed by atoms with Gasteiger partial charge in [0.1, 0.15) is 4.88 Å². The number of amides is 1. The first kappa shape index (κ1) is 18.0. The molecule has 0 atom stereocenters. The maximum absolute atomic E-state index is 12.8. The summed E-state index contributed by atoms with van der Waals surface area (Å²) in [5.41, 5.74) is 2.50. The maximum atomic E-state index is 12.8. The van der Waals surface area contributed by atoms with Crippen molar-refractivity contribution in [1.82, 2.24) is 9.88 Å². The molecule has 1 aliphatic rings. The molecule has 3 rings (SSSR count). The third-order valence-corrected chi connectivity index (χ3v) is 8.99. The van der Waals surface area contributed by atoms with E-state index in [1.165, 1.54) is 29.7 Å². The van der Waals surface area contributed by atoms with Crippen molar-refractivity contribution in [2.24, 2.45) is 3.77 Å². The molecule has 1 saturated heterocycles. The highest BCUT2D eigenvalue weighted by Gasteiger charge is 2.28. The second-order valence-corrected chi connectivity index (χ2v) is 11.0. The minimum atomic E-state index is -3.98. The number of aromatic nitrogens is 1. The monoisotopic (exact) mass is 399 g/mol. The molecule has 7 nitrogen and oxygen atoms in total. The Balaban J connectivity index is 1.77. The van der Waals surface area contributed by atoms with Crippen LogP contribution in [0.2, 0.25) is 0 Å². The summed E-state index contributed by atoms with van der Waals surface area (Å²) < 4.78 is 41.3. The van der Waals surface area contributed by atoms with Crippen LogP contribution in [0.3, 0.4) is 0 Å². The average molecular weight is 400 g/mol. The van der Waals surface area contributed by atoms with Crippen molar-refractivity contribution < 1.29 is 17.4 Å². The molecular formula is C15H17N3O4S3. The Morgan fingerprint density at radius 3 is 2.44 bits per heavy atom. The summed E-state index contributed by atoms with van der Waals surface area (Å²) in [7, 11) is -6.89. The number of thiazole rings is 1. The molecule has 0 saturated carbocycles. The van der Waals surface area contributed by atoms with Crippen LogP contribution in [-0.4, -0.2) is 53.0 Å². The van der Waals surface area contributed by atoms with Crippen LogP contribution in [0.1, 0.15) is 15.2 Å². The fourth-order valence-corrected chi connectivity index (χ4v) is 7.06. The van der Waals surface area contributed by atoms with E-state index in [0.717, 1.165) is 5.56 Å². The van der Waals surface area contributed by atoms with E-state index in [-0.39, 0.29) is 35.4 Å². The van der Waals surface area contributed by atoms with Crippen molar-refractivity contribution in [2.45, 2.75) is 11.8 Å². The zero-order valence-corrected chi connectivity index (χ0v) is 15.9. The summed E-state index contributed by atoms with van der Waals surface area (Å²) in [5, 5.41) is 0. The molecule has 1 aliphatic heterocycles. The Morgan fingerprint density at radius 1 is 1.24 bits per heavy atom. The lowest BCUT2D eigenvalue weighted by Crippen LogP contribution is -2.43. The van der Waals surface area contributed by atoms with Crippen LogP contribution in [-0.2, 0) is 19.8 Å². The fraction of sp³-hybridized carbons (Fsp3) is 0.333. The van der Waals surface area contributed by atoms with Gasteiger partial charge in [0.05, 0.1) is 37.8 Å². The van der Waals surface area contributed by atoms with E-state index >= 15 is 0 Å². The number of benzene rings is 1. The predicted octanol–water partition coefficient (Wildman–Crippen LogP) is 1.76. The van der Waals surface area contributed by atoms with Gasteiger partial charge in [0.2, 0.25) is 0 Å². The molecular weight excluding hydrogens is 382 g/mol. The lowest BCUT2D eigenvalue weighted by atomic mass is 10.2. The van der Waals surface area contributed by atoms with Gasteiger partial charge in [-0.3, -0.25) is 9.78 Å². The highest BCUT2D eigenvalue weighted by molar-refractivity contribution is 8.03. The first-order chi connectivity index (χ1) is 11.8. The predicted molar refractivity (Wildman–Crippen MR) is 96.7 cm³/mol. The van der Waals surface area contributed by atoms with E-state index in [1.807, 2.05) is 6.92 Å². The first-order valence-electron chi connectivity index (χ1n) is 7.52. The lowest BCUT2D eigenvalue weighted by molar-refractivity contribution is 0.0775. The van der Waals surface area contributed by atoms with Gasteiger partial charge in [0, 0.05) is 13.1 Å². The van der Waals surface area contributed by atoms with E-state index in [2.05, 4.69) is 8.75 Å². The Morgan fingerprint density at radius 2 is 1.88 bits per heavy atom. The summed E-state index contributed by atoms with van der Waals surface area (Å²) in [6, 6.07) is 6.26. The zero-order chi connectivity index (χ0) is 18.1. The molecule has 2 aromatic rings. The summed E-state index contributed by atoms with van der Waals surface area (Å²) in [6.07, 6.45) is 1.49. The van der Waals surface area contributed by atoms with E-state index < -0.39 is 19.8 Å². The van der Waals surface area contributed by atoms with Gasteiger partial charge in [-0.05, 0) is 19.1 Å². The number of hydrogen-bond donors (Lipinski definition) is 0. The minimum absolute atomic E-state index is 0.0315. The summed E-state index contributed by atoms with van der Waals surface area (Å²) in [4.78, 5) is 18.2. The molecule has 0 unspecified atom stereocenters. The van der Waals surface area contributed by atoms with Crippen LogP contribution in [0.25, 0.3) is 0 Å². The third kappa shape index (κ3) is 4.07. The normalized spacial score (nSPS) is 17.2. The first-order valence-corrected chi connectivity index (χ1v) is 11.7. The summed E-state index contributed by atoms with van der Waals surface area (Å²) >= 11 is 1.24. The summed E-state index contributed by atoms with van der Waals surface area (Å²) in [6.45, 7) is 2.27. The van der Waals surface area contributed by atoms with Gasteiger partial charge in [-0.25, -0.2) is 4.21 Å². The van der Waals surface area contributed by atoms with Crippen molar-refractivity contribution in [3.63, 3.8) is 0 Å². The van der Waals surface area contributed by atoms with Gasteiger partial charge in [0.25, 0.3) is 15.9 Å². The van der Waals surface area contributed by atoms with Gasteiger partial charge in [-0.1, -0.05) is 17.7 Å². The number of carbonyl (C=O) groups excluding carboxylic acids is 1. The Hall–Kier alpha value is -1.78. The molecule has 0 N–H and O–H groups in total. The highest BCUT2D eigenvalue weighted by atomic mass is 32.3. The van der Waals surface area contributed by atoms with Crippen LogP contribution in [0.5, 0.6) is 0 Å². The molecule has 10 heteroatoms. The average Bonchev–Trinajstić information content (AvgIpc) is 3.09. The Kier molecular flexibility index (Phi) is 4.94. The van der Waals surface area contributed by atoms with E-state index in [9.17, 15) is 17.4 Å². The number of carbonyl (C=O) groups is 1. The van der Waals surface area contributed by atoms with Crippen LogP contribution in [0.15, 0.2) is 44.6 Å². The van der Waals surface area contributed by atoms with E-state index in [0.29, 0.717) is 4.88 Å². The number of sulfonamides is 1. The standard InChI is InChI=1S/C15H17N3O4S3/c1-12-2-4-13(5-3-12)25(21,22)17-24(20)8-6-18(7-9-24)15(19)14-10-16-11-23-14/h2-5,10-11H,6-9H2,1H3. The second kappa shape index (κ2) is 6.85. The van der Waals surface area contributed by atoms with Gasteiger partial charge >= 0.3 is 0 Å². The van der Waals surface area contributed by atoms with Crippen LogP contribution in [0.4, 0.5) is 0 Å². The Bertz CT molecular complexity index is 975. The number of nitrogens with zero attached hydrogens (tertiary/aromatic N) is 3. The Labute approximate surface area is 150 Å². The molecule has 134 valence electrons. The smallest absolute Gasteiger partial charge is 0.290 e. The van der Waals surface area contributed by atoms with Crippen LogP contribution in [0, 0.1) is 6.92 Å². The van der Waals surface area contributed by atoms with Gasteiger partial charge in [0.15, 0.2) is 0 Å². The van der Waals surface area contributed by atoms with Crippen molar-refractivity contribution in [2.75, 3.05) is 24.6 Å². The molecule has 1 amide bonds. The van der Waals surface area contributed by atoms with Gasteiger partial charge in [-0.2, -0.15) is 8.42 Å². The molecule has 0 spiro atoms. The molecule has 1 aromatic heterocycles. The van der Waals surface area contributed by atoms with Crippen molar-refractivity contribution in [3.05, 3.63) is 46.4 Å². The van der Waals surface area contributed by atoms with Gasteiger partial charge in [-0.15, -0.1) is 15.1 Å². The topological polar surface area (TPSA) is 96.8 Å². The number of hydrogen-bond acceptors (Lipinski definition) is 6. The summed E-state index contributed by atoms with van der Waals surface area (Å²) in [5.74, 6) is -0.0870. The quantitative estimate of drug-likeness (QED) is 0.783.